The van der Waals surface area contributed by atoms with Crippen molar-refractivity contribution in [2.45, 2.75) is 39.3 Å². The number of amides is 1. The second kappa shape index (κ2) is 8.18. The van der Waals surface area contributed by atoms with Gasteiger partial charge < -0.3 is 18.9 Å². The van der Waals surface area contributed by atoms with Crippen molar-refractivity contribution < 1.29 is 18.8 Å². The summed E-state index contributed by atoms with van der Waals surface area (Å²) in [6.45, 7) is 4.68. The Hall–Kier alpha value is -3.35. The van der Waals surface area contributed by atoms with Gasteiger partial charge in [-0.2, -0.15) is 4.98 Å². The number of hydrogen-bond acceptors (Lipinski definition) is 6. The fourth-order valence-corrected chi connectivity index (χ4v) is 3.71. The summed E-state index contributed by atoms with van der Waals surface area (Å²) < 4.78 is 16.2. The van der Waals surface area contributed by atoms with Gasteiger partial charge in [0.15, 0.2) is 0 Å². The molecule has 1 atom stereocenters. The van der Waals surface area contributed by atoms with Crippen molar-refractivity contribution >= 4 is 5.91 Å². The Bertz CT molecular complexity index is 1050. The maximum atomic E-state index is 12.6. The molecule has 2 aromatic carbocycles. The molecule has 0 saturated carbocycles. The molecular weight excluding hydrogens is 382 g/mol. The quantitative estimate of drug-likeness (QED) is 0.608. The van der Waals surface area contributed by atoms with Crippen LogP contribution in [0, 0.1) is 13.8 Å². The molecule has 7 heteroatoms. The number of aromatic nitrogens is 2. The number of ether oxygens (including phenoxy) is 2. The van der Waals surface area contributed by atoms with Crippen LogP contribution in [0.1, 0.15) is 41.5 Å². The second-order valence-electron chi connectivity index (χ2n) is 7.55. The summed E-state index contributed by atoms with van der Waals surface area (Å²) in [7, 11) is 3.18. The third-order valence-corrected chi connectivity index (χ3v) is 5.59. The number of aryl methyl sites for hydroxylation is 2. The van der Waals surface area contributed by atoms with Gasteiger partial charge in [-0.05, 0) is 49.1 Å². The first-order chi connectivity index (χ1) is 14.5. The van der Waals surface area contributed by atoms with Crippen LogP contribution in [-0.2, 0) is 11.3 Å². The molecule has 1 aromatic heterocycles. The first kappa shape index (κ1) is 19.9. The number of likely N-dealkylation sites (tertiary alicyclic amines) is 1. The van der Waals surface area contributed by atoms with E-state index in [1.165, 1.54) is 11.1 Å². The van der Waals surface area contributed by atoms with Gasteiger partial charge in [-0.15, -0.1) is 0 Å². The lowest BCUT2D eigenvalue weighted by molar-refractivity contribution is -0.129. The Morgan fingerprint density at radius 2 is 1.80 bits per heavy atom. The van der Waals surface area contributed by atoms with Gasteiger partial charge in [0.2, 0.25) is 17.6 Å². The average Bonchev–Trinajstić information content (AvgIpc) is 3.37. The van der Waals surface area contributed by atoms with E-state index in [1.54, 1.807) is 20.3 Å². The van der Waals surface area contributed by atoms with Crippen LogP contribution in [0.25, 0.3) is 11.4 Å². The maximum Gasteiger partial charge on any atom is 0.249 e. The fourth-order valence-electron chi connectivity index (χ4n) is 3.71. The minimum absolute atomic E-state index is 0.0982. The molecule has 1 aliphatic heterocycles. The van der Waals surface area contributed by atoms with Crippen LogP contribution in [0.3, 0.4) is 0 Å². The van der Waals surface area contributed by atoms with E-state index >= 15 is 0 Å². The van der Waals surface area contributed by atoms with Crippen LogP contribution in [0.15, 0.2) is 40.9 Å². The van der Waals surface area contributed by atoms with Gasteiger partial charge in [0, 0.05) is 24.6 Å². The Labute approximate surface area is 175 Å². The monoisotopic (exact) mass is 407 g/mol. The minimum atomic E-state index is -0.229. The van der Waals surface area contributed by atoms with Gasteiger partial charge in [0.05, 0.1) is 14.2 Å². The lowest BCUT2D eigenvalue weighted by Crippen LogP contribution is -2.27. The first-order valence-electron chi connectivity index (χ1n) is 9.91. The fraction of sp³-hybridized carbons (Fsp3) is 0.348. The molecule has 7 nitrogen and oxygen atoms in total. The van der Waals surface area contributed by atoms with Crippen LogP contribution in [0.4, 0.5) is 0 Å². The summed E-state index contributed by atoms with van der Waals surface area (Å²) in [5.74, 6) is 2.27. The van der Waals surface area contributed by atoms with Crippen molar-refractivity contribution in [3.8, 4) is 22.9 Å². The number of carbonyl (C=O) groups is 1. The normalized spacial score (nSPS) is 16.2. The Balaban J connectivity index is 1.60. The summed E-state index contributed by atoms with van der Waals surface area (Å²) >= 11 is 0. The molecule has 0 N–H and O–H groups in total. The minimum Gasteiger partial charge on any atom is -0.497 e. The number of nitrogens with zero attached hydrogens (tertiary/aromatic N) is 3. The predicted octanol–water partition coefficient (Wildman–Crippen LogP) is 4.23. The summed E-state index contributed by atoms with van der Waals surface area (Å²) in [6.07, 6.45) is 1.13. The molecule has 156 valence electrons. The standard InChI is InChI=1S/C23H25N3O4/c1-14-5-6-16(9-15(14)2)13-26-20(7-8-21(26)27)23-24-22(25-30-23)17-10-18(28-3)12-19(11-17)29-4/h5-6,9-12,20H,7-8,13H2,1-4H3. The molecule has 1 amide bonds. The zero-order valence-corrected chi connectivity index (χ0v) is 17.6. The molecular formula is C23H25N3O4. The van der Waals surface area contributed by atoms with E-state index in [0.717, 1.165) is 11.1 Å². The molecule has 0 bridgehead atoms. The predicted molar refractivity (Wildman–Crippen MR) is 111 cm³/mol. The van der Waals surface area contributed by atoms with Crippen LogP contribution in [-0.4, -0.2) is 35.2 Å². The smallest absolute Gasteiger partial charge is 0.249 e. The van der Waals surface area contributed by atoms with E-state index in [-0.39, 0.29) is 11.9 Å². The molecule has 1 fully saturated rings. The average molecular weight is 407 g/mol. The number of rotatable bonds is 6. The van der Waals surface area contributed by atoms with Gasteiger partial charge in [0.25, 0.3) is 0 Å². The molecule has 0 radical (unpaired) electrons. The Morgan fingerprint density at radius 3 is 2.47 bits per heavy atom. The summed E-state index contributed by atoms with van der Waals surface area (Å²) in [5, 5.41) is 4.14. The van der Waals surface area contributed by atoms with Gasteiger partial charge in [-0.25, -0.2) is 0 Å². The third kappa shape index (κ3) is 3.87. The Kier molecular flexibility index (Phi) is 5.44. The van der Waals surface area contributed by atoms with Crippen molar-refractivity contribution in [2.75, 3.05) is 14.2 Å². The second-order valence-corrected chi connectivity index (χ2v) is 7.55. The van der Waals surface area contributed by atoms with E-state index < -0.39 is 0 Å². The van der Waals surface area contributed by atoms with E-state index in [0.29, 0.717) is 42.6 Å². The zero-order valence-electron chi connectivity index (χ0n) is 17.6. The molecule has 2 heterocycles. The lowest BCUT2D eigenvalue weighted by Gasteiger charge is -2.22. The molecule has 30 heavy (non-hydrogen) atoms. The molecule has 1 unspecified atom stereocenters. The highest BCUT2D eigenvalue weighted by molar-refractivity contribution is 5.79. The molecule has 1 saturated heterocycles. The first-order valence-corrected chi connectivity index (χ1v) is 9.91. The summed E-state index contributed by atoms with van der Waals surface area (Å²) in [5.41, 5.74) is 4.27. The Morgan fingerprint density at radius 1 is 1.07 bits per heavy atom. The molecule has 0 spiro atoms. The largest absolute Gasteiger partial charge is 0.497 e. The third-order valence-electron chi connectivity index (χ3n) is 5.59. The molecule has 0 aliphatic carbocycles. The van der Waals surface area contributed by atoms with E-state index in [1.807, 2.05) is 17.0 Å². The number of hydrogen-bond donors (Lipinski definition) is 0. The van der Waals surface area contributed by atoms with Gasteiger partial charge in [-0.3, -0.25) is 4.79 Å². The van der Waals surface area contributed by atoms with Crippen molar-refractivity contribution in [2.24, 2.45) is 0 Å². The summed E-state index contributed by atoms with van der Waals surface area (Å²) in [4.78, 5) is 19.0. The number of benzene rings is 2. The molecule has 3 aromatic rings. The van der Waals surface area contributed by atoms with Gasteiger partial charge in [-0.1, -0.05) is 23.4 Å². The topological polar surface area (TPSA) is 77.7 Å². The lowest BCUT2D eigenvalue weighted by atomic mass is 10.1. The van der Waals surface area contributed by atoms with Gasteiger partial charge in [0.1, 0.15) is 17.5 Å². The van der Waals surface area contributed by atoms with E-state index in [9.17, 15) is 4.79 Å². The van der Waals surface area contributed by atoms with Crippen LogP contribution in [0.2, 0.25) is 0 Å². The van der Waals surface area contributed by atoms with Crippen LogP contribution >= 0.6 is 0 Å². The van der Waals surface area contributed by atoms with Crippen molar-refractivity contribution in [3.63, 3.8) is 0 Å². The molecule has 1 aliphatic rings. The van der Waals surface area contributed by atoms with E-state index in [2.05, 4.69) is 42.2 Å². The molecule has 4 rings (SSSR count). The van der Waals surface area contributed by atoms with Crippen molar-refractivity contribution in [3.05, 3.63) is 59.0 Å². The van der Waals surface area contributed by atoms with Gasteiger partial charge >= 0.3 is 0 Å². The highest BCUT2D eigenvalue weighted by Gasteiger charge is 2.36. The highest BCUT2D eigenvalue weighted by Crippen LogP contribution is 2.35. The number of methoxy groups -OCH3 is 2. The van der Waals surface area contributed by atoms with Crippen molar-refractivity contribution in [1.29, 1.82) is 0 Å². The highest BCUT2D eigenvalue weighted by atomic mass is 16.5. The zero-order chi connectivity index (χ0) is 21.3. The summed E-state index contributed by atoms with van der Waals surface area (Å²) in [6, 6.07) is 11.5. The van der Waals surface area contributed by atoms with Crippen molar-refractivity contribution in [1.82, 2.24) is 15.0 Å². The SMILES string of the molecule is COc1cc(OC)cc(-c2noc(C3CCC(=O)N3Cc3ccc(C)c(C)c3)n2)c1. The van der Waals surface area contributed by atoms with Crippen LogP contribution in [0.5, 0.6) is 11.5 Å². The van der Waals surface area contributed by atoms with E-state index in [4.69, 9.17) is 14.0 Å². The maximum absolute atomic E-state index is 12.6. The van der Waals surface area contributed by atoms with Crippen LogP contribution < -0.4 is 9.47 Å². The number of carbonyl (C=O) groups excluding carboxylic acids is 1.